The molecule has 19 heteroatoms. The number of esters is 4. The number of phosphoric acid groups is 2. The number of rotatable bonds is 70. The van der Waals surface area contributed by atoms with Crippen molar-refractivity contribution in [2.24, 2.45) is 23.7 Å². The van der Waals surface area contributed by atoms with Crippen LogP contribution in [0.15, 0.2) is 0 Å². The number of aliphatic hydroxyl groups is 1. The van der Waals surface area contributed by atoms with Gasteiger partial charge in [0.05, 0.1) is 26.4 Å². The Bertz CT molecular complexity index is 1820. The van der Waals surface area contributed by atoms with Gasteiger partial charge in [0.15, 0.2) is 12.2 Å². The third-order valence-corrected chi connectivity index (χ3v) is 19.4. The first-order valence-corrected chi connectivity index (χ1v) is 40.8. The molecule has 0 saturated heterocycles. The Hall–Kier alpha value is -1.94. The van der Waals surface area contributed by atoms with Gasteiger partial charge in [0, 0.05) is 25.7 Å². The maximum absolute atomic E-state index is 13.1. The van der Waals surface area contributed by atoms with Gasteiger partial charge in [-0.05, 0) is 49.4 Å². The quantitative estimate of drug-likeness (QED) is 0.0222. The number of unbranched alkanes of at least 4 members (excludes halogenated alkanes) is 34. The fourth-order valence-electron chi connectivity index (χ4n) is 11.0. The van der Waals surface area contributed by atoms with Gasteiger partial charge in [0.1, 0.15) is 19.3 Å². The number of hydrogen-bond donors (Lipinski definition) is 3. The second-order valence-corrected chi connectivity index (χ2v) is 30.7. The number of ether oxygens (including phenoxy) is 4. The minimum atomic E-state index is -4.96. The van der Waals surface area contributed by atoms with Crippen LogP contribution >= 0.6 is 15.6 Å². The predicted molar refractivity (Wildman–Crippen MR) is 372 cm³/mol. The van der Waals surface area contributed by atoms with Gasteiger partial charge in [-0.15, -0.1) is 0 Å². The van der Waals surface area contributed by atoms with E-state index in [-0.39, 0.29) is 25.7 Å². The normalized spacial score (nSPS) is 14.8. The van der Waals surface area contributed by atoms with Crippen LogP contribution in [0.25, 0.3) is 0 Å². The lowest BCUT2D eigenvalue weighted by Gasteiger charge is -2.21. The molecule has 92 heavy (non-hydrogen) atoms. The molecule has 0 aliphatic heterocycles. The molecular formula is C73H142O17P2. The second kappa shape index (κ2) is 62.6. The number of carbonyl (C=O) groups excluding carboxylic acids is 4. The average molecular weight is 1350 g/mol. The van der Waals surface area contributed by atoms with Crippen molar-refractivity contribution in [3.05, 3.63) is 0 Å². The molecule has 17 nitrogen and oxygen atoms in total. The Morgan fingerprint density at radius 3 is 0.772 bits per heavy atom. The van der Waals surface area contributed by atoms with E-state index in [0.717, 1.165) is 114 Å². The van der Waals surface area contributed by atoms with Crippen LogP contribution in [0.1, 0.15) is 364 Å². The highest BCUT2D eigenvalue weighted by atomic mass is 31.2. The molecule has 3 N–H and O–H groups in total. The van der Waals surface area contributed by atoms with E-state index in [9.17, 15) is 43.2 Å². The third-order valence-electron chi connectivity index (χ3n) is 17.5. The van der Waals surface area contributed by atoms with Crippen LogP contribution in [-0.4, -0.2) is 96.7 Å². The van der Waals surface area contributed by atoms with Gasteiger partial charge in [0.25, 0.3) is 0 Å². The Morgan fingerprint density at radius 1 is 0.304 bits per heavy atom. The number of carbonyl (C=O) groups is 4. The maximum Gasteiger partial charge on any atom is 0.472 e. The van der Waals surface area contributed by atoms with Crippen molar-refractivity contribution in [1.29, 1.82) is 0 Å². The smallest absolute Gasteiger partial charge is 0.462 e. The lowest BCUT2D eigenvalue weighted by Crippen LogP contribution is -2.30. The highest BCUT2D eigenvalue weighted by molar-refractivity contribution is 7.47. The summed E-state index contributed by atoms with van der Waals surface area (Å²) in [5, 5.41) is 10.6. The number of phosphoric ester groups is 2. The molecule has 0 spiro atoms. The SMILES string of the molecule is CCC(C)CCCCCCCCCCC(=O)OC[C@H](COP(=O)(O)OC[C@H](O)COP(=O)(O)OC[C@@H](COC(=O)CCCCCCCCCCCCC(C)C)OC(=O)CCCCCCCCCCCCCCC(C)C)OC(=O)CCCCCCCCCCC(C)CC. The molecule has 4 unspecified atom stereocenters. The molecule has 0 aromatic rings. The molecule has 0 rings (SSSR count). The third kappa shape index (κ3) is 64.1. The second-order valence-electron chi connectivity index (χ2n) is 27.8. The largest absolute Gasteiger partial charge is 0.472 e. The van der Waals surface area contributed by atoms with E-state index in [0.29, 0.717) is 25.7 Å². The van der Waals surface area contributed by atoms with Crippen LogP contribution in [0.3, 0.4) is 0 Å². The highest BCUT2D eigenvalue weighted by Gasteiger charge is 2.30. The van der Waals surface area contributed by atoms with Crippen molar-refractivity contribution in [3.8, 4) is 0 Å². The summed E-state index contributed by atoms with van der Waals surface area (Å²) in [4.78, 5) is 72.7. The van der Waals surface area contributed by atoms with E-state index < -0.39 is 97.5 Å². The van der Waals surface area contributed by atoms with Crippen molar-refractivity contribution in [2.45, 2.75) is 382 Å². The van der Waals surface area contributed by atoms with Gasteiger partial charge < -0.3 is 33.8 Å². The fraction of sp³-hybridized carbons (Fsp3) is 0.945. The first-order chi connectivity index (χ1) is 44.2. The summed E-state index contributed by atoms with van der Waals surface area (Å²) in [6, 6.07) is 0. The van der Waals surface area contributed by atoms with E-state index in [1.807, 2.05) is 0 Å². The van der Waals surface area contributed by atoms with Gasteiger partial charge in [0.2, 0.25) is 0 Å². The summed E-state index contributed by atoms with van der Waals surface area (Å²) in [5.74, 6) is 0.957. The minimum absolute atomic E-state index is 0.104. The molecule has 0 saturated carbocycles. The lowest BCUT2D eigenvalue weighted by molar-refractivity contribution is -0.161. The Labute approximate surface area is 562 Å². The number of aliphatic hydroxyl groups excluding tert-OH is 1. The summed E-state index contributed by atoms with van der Waals surface area (Å²) < 4.78 is 68.4. The standard InChI is InChI=1S/C73H142O17P2/c1-9-65(7)51-43-35-27-21-23-30-38-46-54-71(76)84-60-69(90-73(78)56-48-40-32-24-22-28-36-44-52-66(8)10-2)62-88-92(81,82)86-58-67(74)57-85-91(79,80)87-61-68(59-83-70(75)53-45-37-29-19-16-15-18-26-34-42-50-64(5)6)89-72(77)55-47-39-31-20-14-12-11-13-17-25-33-41-49-63(3)4/h63-69,74H,9-62H2,1-8H3,(H,79,80)(H,81,82)/t65?,66?,67-,68-,69-/m1/s1. The molecule has 0 heterocycles. The lowest BCUT2D eigenvalue weighted by atomic mass is 9.99. The van der Waals surface area contributed by atoms with Crippen molar-refractivity contribution in [1.82, 2.24) is 0 Å². The molecule has 0 bridgehead atoms. The van der Waals surface area contributed by atoms with Gasteiger partial charge in [-0.3, -0.25) is 37.3 Å². The fourth-order valence-corrected chi connectivity index (χ4v) is 12.5. The summed E-state index contributed by atoms with van der Waals surface area (Å²) in [5.41, 5.74) is 0. The maximum atomic E-state index is 13.1. The zero-order chi connectivity index (χ0) is 68.2. The topological polar surface area (TPSA) is 237 Å². The van der Waals surface area contributed by atoms with Crippen molar-refractivity contribution >= 4 is 39.5 Å². The van der Waals surface area contributed by atoms with E-state index >= 15 is 0 Å². The molecule has 0 aromatic carbocycles. The monoisotopic (exact) mass is 1350 g/mol. The van der Waals surface area contributed by atoms with Gasteiger partial charge in [-0.2, -0.15) is 0 Å². The van der Waals surface area contributed by atoms with Crippen LogP contribution in [0.5, 0.6) is 0 Å². The van der Waals surface area contributed by atoms with Crippen molar-refractivity contribution < 1.29 is 80.2 Å². The minimum Gasteiger partial charge on any atom is -0.462 e. The summed E-state index contributed by atoms with van der Waals surface area (Å²) >= 11 is 0. The highest BCUT2D eigenvalue weighted by Crippen LogP contribution is 2.45. The van der Waals surface area contributed by atoms with E-state index in [4.69, 9.17) is 37.0 Å². The molecule has 0 aromatic heterocycles. The molecule has 546 valence electrons. The van der Waals surface area contributed by atoms with Crippen molar-refractivity contribution in [2.75, 3.05) is 39.6 Å². The van der Waals surface area contributed by atoms with Crippen LogP contribution < -0.4 is 0 Å². The van der Waals surface area contributed by atoms with Crippen LogP contribution in [0.4, 0.5) is 0 Å². The molecule has 0 fully saturated rings. The number of hydrogen-bond acceptors (Lipinski definition) is 15. The summed E-state index contributed by atoms with van der Waals surface area (Å²) in [6.45, 7) is 14.2. The van der Waals surface area contributed by atoms with E-state index in [1.165, 1.54) is 167 Å². The van der Waals surface area contributed by atoms with Crippen molar-refractivity contribution in [3.63, 3.8) is 0 Å². The van der Waals surface area contributed by atoms with Gasteiger partial charge in [-0.25, -0.2) is 9.13 Å². The van der Waals surface area contributed by atoms with Crippen LogP contribution in [0.2, 0.25) is 0 Å². The van der Waals surface area contributed by atoms with E-state index in [1.54, 1.807) is 0 Å². The molecule has 0 aliphatic carbocycles. The summed E-state index contributed by atoms with van der Waals surface area (Å²) in [6.07, 6.45) is 45.6. The zero-order valence-corrected chi connectivity index (χ0v) is 62.0. The zero-order valence-electron chi connectivity index (χ0n) is 60.2. The Balaban J connectivity index is 5.28. The Morgan fingerprint density at radius 2 is 0.522 bits per heavy atom. The van der Waals surface area contributed by atoms with Crippen LogP contribution in [0, 0.1) is 23.7 Å². The predicted octanol–water partition coefficient (Wildman–Crippen LogP) is 20.9. The van der Waals surface area contributed by atoms with Crippen LogP contribution in [-0.2, 0) is 65.4 Å². The molecule has 0 amide bonds. The van der Waals surface area contributed by atoms with Gasteiger partial charge >= 0.3 is 39.5 Å². The summed E-state index contributed by atoms with van der Waals surface area (Å²) in [7, 11) is -9.91. The van der Waals surface area contributed by atoms with Gasteiger partial charge in [-0.1, -0.05) is 312 Å². The molecular weight excluding hydrogens is 1210 g/mol. The Kier molecular flexibility index (Phi) is 61.3. The average Bonchev–Trinajstić information content (AvgIpc) is 2.94. The molecule has 0 radical (unpaired) electrons. The molecule has 7 atom stereocenters. The van der Waals surface area contributed by atoms with E-state index in [2.05, 4.69) is 55.4 Å². The first kappa shape index (κ1) is 90.1. The molecule has 0 aliphatic rings. The first-order valence-electron chi connectivity index (χ1n) is 37.8.